The van der Waals surface area contributed by atoms with Crippen molar-refractivity contribution in [3.8, 4) is 0 Å². The van der Waals surface area contributed by atoms with Crippen LogP contribution in [0.4, 0.5) is 5.69 Å². The van der Waals surface area contributed by atoms with Crippen LogP contribution in [0.15, 0.2) is 24.3 Å². The molecule has 1 aromatic carbocycles. The maximum atomic E-state index is 11.4. The number of carbonyl (C=O) groups excluding carboxylic acids is 3. The van der Waals surface area contributed by atoms with Crippen molar-refractivity contribution in [1.82, 2.24) is 0 Å². The van der Waals surface area contributed by atoms with E-state index in [0.717, 1.165) is 4.90 Å². The van der Waals surface area contributed by atoms with E-state index in [1.807, 2.05) is 0 Å². The average molecular weight is 204 g/mol. The Morgan fingerprint density at radius 1 is 1.27 bits per heavy atom. The monoisotopic (exact) mass is 204 g/mol. The Hall–Kier alpha value is -2.17. The third-order valence-electron chi connectivity index (χ3n) is 2.17. The van der Waals surface area contributed by atoms with E-state index in [1.54, 1.807) is 12.1 Å². The van der Waals surface area contributed by atoms with Crippen molar-refractivity contribution >= 4 is 23.3 Å². The lowest BCUT2D eigenvalue weighted by atomic mass is 10.1. The summed E-state index contributed by atoms with van der Waals surface area (Å²) in [6, 6.07) is 6.27. The normalized spacial score (nSPS) is 14.3. The second kappa shape index (κ2) is 3.20. The number of amides is 1. The summed E-state index contributed by atoms with van der Waals surface area (Å²) in [7, 11) is 0. The van der Waals surface area contributed by atoms with Gasteiger partial charge in [-0.2, -0.15) is 0 Å². The fraction of sp³-hybridized carbons (Fsp3) is 0.100. The first-order valence-corrected chi connectivity index (χ1v) is 4.26. The Kier molecular flexibility index (Phi) is 2.00. The van der Waals surface area contributed by atoms with Crippen molar-refractivity contribution in [2.75, 3.05) is 11.4 Å². The van der Waals surface area contributed by atoms with E-state index < -0.39 is 24.2 Å². The molecule has 0 saturated heterocycles. The molecule has 1 heterocycles. The second-order valence-corrected chi connectivity index (χ2v) is 3.11. The third kappa shape index (κ3) is 1.38. The number of benzene rings is 1. The number of nitrogens with zero attached hydrogens (tertiary/aromatic N) is 1. The van der Waals surface area contributed by atoms with E-state index in [-0.39, 0.29) is 5.56 Å². The van der Waals surface area contributed by atoms with Gasteiger partial charge in [0.25, 0.3) is 11.7 Å². The quantitative estimate of drug-likeness (QED) is 0.577. The van der Waals surface area contributed by atoms with Crippen LogP contribution in [-0.2, 0) is 9.59 Å². The number of fused-ring (bicyclic) bond motifs is 1. The Morgan fingerprint density at radius 2 is 1.93 bits per heavy atom. The van der Waals surface area contributed by atoms with Gasteiger partial charge in [0.15, 0.2) is 0 Å². The number of carboxylic acids is 1. The number of aliphatic carboxylic acids is 1. The van der Waals surface area contributed by atoms with Gasteiger partial charge in [-0.05, 0) is 12.1 Å². The van der Waals surface area contributed by atoms with Gasteiger partial charge >= 0.3 is 0 Å². The van der Waals surface area contributed by atoms with E-state index in [0.29, 0.717) is 5.69 Å². The van der Waals surface area contributed by atoms with Gasteiger partial charge in [0.1, 0.15) is 0 Å². The van der Waals surface area contributed by atoms with Crippen LogP contribution in [0.25, 0.3) is 0 Å². The van der Waals surface area contributed by atoms with Crippen LogP contribution < -0.4 is 10.0 Å². The Morgan fingerprint density at radius 3 is 2.60 bits per heavy atom. The minimum atomic E-state index is -1.40. The molecule has 0 radical (unpaired) electrons. The van der Waals surface area contributed by atoms with Crippen LogP contribution in [0.1, 0.15) is 10.4 Å². The van der Waals surface area contributed by atoms with E-state index >= 15 is 0 Å². The van der Waals surface area contributed by atoms with Gasteiger partial charge in [-0.15, -0.1) is 0 Å². The van der Waals surface area contributed by atoms with Gasteiger partial charge in [-0.25, -0.2) is 0 Å². The van der Waals surface area contributed by atoms with Crippen molar-refractivity contribution in [3.63, 3.8) is 0 Å². The van der Waals surface area contributed by atoms with Crippen molar-refractivity contribution in [1.29, 1.82) is 0 Å². The first-order valence-electron chi connectivity index (χ1n) is 4.26. The predicted octanol–water partition coefficient (Wildman–Crippen LogP) is -1.03. The summed E-state index contributed by atoms with van der Waals surface area (Å²) in [5.41, 5.74) is 0.570. The number of hydrogen-bond donors (Lipinski definition) is 0. The third-order valence-corrected chi connectivity index (χ3v) is 2.17. The summed E-state index contributed by atoms with van der Waals surface area (Å²) in [6.45, 7) is -0.596. The molecule has 0 saturated carbocycles. The maximum Gasteiger partial charge on any atom is 0.299 e. The molecule has 1 aliphatic rings. The summed E-state index contributed by atoms with van der Waals surface area (Å²) in [5.74, 6) is -2.89. The number of para-hydroxylation sites is 1. The lowest BCUT2D eigenvalue weighted by Gasteiger charge is -2.16. The fourth-order valence-electron chi connectivity index (χ4n) is 1.53. The fourth-order valence-corrected chi connectivity index (χ4v) is 1.53. The highest BCUT2D eigenvalue weighted by molar-refractivity contribution is 6.52. The molecule has 1 aromatic rings. The minimum Gasteiger partial charge on any atom is -0.548 e. The van der Waals surface area contributed by atoms with Crippen molar-refractivity contribution in [2.24, 2.45) is 0 Å². The van der Waals surface area contributed by atoms with Gasteiger partial charge in [-0.3, -0.25) is 14.5 Å². The maximum absolute atomic E-state index is 11.4. The molecule has 1 aliphatic heterocycles. The Bertz CT molecular complexity index is 466. The summed E-state index contributed by atoms with van der Waals surface area (Å²) in [5, 5.41) is 10.4. The number of anilines is 1. The van der Waals surface area contributed by atoms with Crippen LogP contribution in [0.5, 0.6) is 0 Å². The molecule has 0 aromatic heterocycles. The smallest absolute Gasteiger partial charge is 0.299 e. The van der Waals surface area contributed by atoms with Gasteiger partial charge in [-0.1, -0.05) is 12.1 Å². The van der Waals surface area contributed by atoms with Crippen LogP contribution in [0, 0.1) is 0 Å². The summed E-state index contributed by atoms with van der Waals surface area (Å²) in [6.07, 6.45) is 0. The van der Waals surface area contributed by atoms with Gasteiger partial charge < -0.3 is 9.90 Å². The van der Waals surface area contributed by atoms with E-state index in [4.69, 9.17) is 0 Å². The number of ketones is 1. The lowest BCUT2D eigenvalue weighted by Crippen LogP contribution is -2.40. The molecular formula is C10H6NO4-. The highest BCUT2D eigenvalue weighted by atomic mass is 16.4. The standard InChI is InChI=1S/C10H7NO4/c12-8(13)5-11-7-4-2-1-3-6(7)9(14)10(11)15/h1-4H,5H2,(H,12,13)/p-1. The highest BCUT2D eigenvalue weighted by Gasteiger charge is 2.35. The van der Waals surface area contributed by atoms with Crippen LogP contribution in [0.3, 0.4) is 0 Å². The first kappa shape index (κ1) is 9.39. The zero-order chi connectivity index (χ0) is 11.0. The topological polar surface area (TPSA) is 77.5 Å². The molecule has 0 spiro atoms. The molecule has 0 atom stereocenters. The van der Waals surface area contributed by atoms with Gasteiger partial charge in [0.2, 0.25) is 0 Å². The summed E-state index contributed by atoms with van der Waals surface area (Å²) in [4.78, 5) is 34.1. The number of carboxylic acid groups (broad SMARTS) is 1. The molecule has 0 aliphatic carbocycles. The van der Waals surface area contributed by atoms with Gasteiger partial charge in [0.05, 0.1) is 23.8 Å². The molecule has 15 heavy (non-hydrogen) atoms. The number of carbonyl (C=O) groups is 3. The second-order valence-electron chi connectivity index (χ2n) is 3.11. The predicted molar refractivity (Wildman–Crippen MR) is 48.1 cm³/mol. The molecule has 5 nitrogen and oxygen atoms in total. The van der Waals surface area contributed by atoms with Crippen molar-refractivity contribution < 1.29 is 19.5 Å². The molecule has 1 amide bonds. The molecule has 2 rings (SSSR count). The molecular weight excluding hydrogens is 198 g/mol. The van der Waals surface area contributed by atoms with Crippen molar-refractivity contribution in [3.05, 3.63) is 29.8 Å². The SMILES string of the molecule is O=C([O-])CN1C(=O)C(=O)c2ccccc21. The van der Waals surface area contributed by atoms with Crippen molar-refractivity contribution in [2.45, 2.75) is 0 Å². The summed E-state index contributed by atoms with van der Waals surface area (Å²) < 4.78 is 0. The Balaban J connectivity index is 2.47. The zero-order valence-electron chi connectivity index (χ0n) is 7.60. The Labute approximate surface area is 84.9 Å². The first-order chi connectivity index (χ1) is 7.11. The molecule has 0 N–H and O–H groups in total. The molecule has 76 valence electrons. The number of Topliss-reactive ketones (excluding diaryl/α,β-unsaturated/α-hetero) is 1. The average Bonchev–Trinajstić information content (AvgIpc) is 2.44. The zero-order valence-corrected chi connectivity index (χ0v) is 7.60. The van der Waals surface area contributed by atoms with Crippen LogP contribution >= 0.6 is 0 Å². The number of hydrogen-bond acceptors (Lipinski definition) is 4. The minimum absolute atomic E-state index is 0.240. The number of rotatable bonds is 2. The van der Waals surface area contributed by atoms with Crippen LogP contribution in [-0.4, -0.2) is 24.2 Å². The van der Waals surface area contributed by atoms with Crippen LogP contribution in [0.2, 0.25) is 0 Å². The van der Waals surface area contributed by atoms with E-state index in [1.165, 1.54) is 12.1 Å². The molecule has 0 fully saturated rings. The molecule has 0 unspecified atom stereocenters. The molecule has 5 heteroatoms. The van der Waals surface area contributed by atoms with E-state index in [9.17, 15) is 19.5 Å². The largest absolute Gasteiger partial charge is 0.548 e. The lowest BCUT2D eigenvalue weighted by molar-refractivity contribution is -0.303. The molecule has 0 bridgehead atoms. The summed E-state index contributed by atoms with van der Waals surface area (Å²) >= 11 is 0. The van der Waals surface area contributed by atoms with Gasteiger partial charge in [0, 0.05) is 0 Å². The highest BCUT2D eigenvalue weighted by Crippen LogP contribution is 2.27. The van der Waals surface area contributed by atoms with E-state index in [2.05, 4.69) is 0 Å².